The minimum Gasteiger partial charge on any atom is -0.396 e. The molecule has 0 radical (unpaired) electrons. The molecule has 0 unspecified atom stereocenters. The highest BCUT2D eigenvalue weighted by atomic mass is 16.3. The van der Waals surface area contributed by atoms with Crippen LogP contribution in [0.1, 0.15) is 36.7 Å². The van der Waals surface area contributed by atoms with Crippen molar-refractivity contribution in [2.45, 2.75) is 32.3 Å². The maximum absolute atomic E-state index is 12.8. The molecule has 0 spiro atoms. The quantitative estimate of drug-likeness (QED) is 0.762. The Hall–Kier alpha value is -2.25. The van der Waals surface area contributed by atoms with Crippen LogP contribution in [-0.4, -0.2) is 62.0 Å². The molecule has 1 aliphatic rings. The number of amides is 1. The maximum atomic E-state index is 12.8. The third-order valence-electron chi connectivity index (χ3n) is 4.97. The predicted molar refractivity (Wildman–Crippen MR) is 92.8 cm³/mol. The maximum Gasteiger partial charge on any atom is 0.271 e. The molecule has 0 bridgehead atoms. The van der Waals surface area contributed by atoms with Crippen LogP contribution in [0.3, 0.4) is 0 Å². The summed E-state index contributed by atoms with van der Waals surface area (Å²) >= 11 is 0. The van der Waals surface area contributed by atoms with Gasteiger partial charge in [0.2, 0.25) is 0 Å². The standard InChI is InChI=1S/C18H24N4O3/c1-2-7-18(12-23)11-22(9-6-16(18)24)17(25)15-10-14(20-21-15)13-5-3-4-8-19-13/h3-5,8,10,16,23-24H,2,6-7,9,11-12H2,1H3,(H,20,21)/t16-,18-/m0/s1. The molecule has 2 aromatic heterocycles. The van der Waals surface area contributed by atoms with Crippen LogP contribution in [0.15, 0.2) is 30.5 Å². The Balaban J connectivity index is 1.78. The van der Waals surface area contributed by atoms with E-state index < -0.39 is 11.5 Å². The zero-order valence-corrected chi connectivity index (χ0v) is 14.4. The zero-order valence-electron chi connectivity index (χ0n) is 14.4. The van der Waals surface area contributed by atoms with Crippen molar-refractivity contribution in [1.82, 2.24) is 20.1 Å². The summed E-state index contributed by atoms with van der Waals surface area (Å²) in [5.41, 5.74) is 1.05. The fourth-order valence-corrected chi connectivity index (χ4v) is 3.55. The Morgan fingerprint density at radius 1 is 1.44 bits per heavy atom. The van der Waals surface area contributed by atoms with E-state index in [4.69, 9.17) is 0 Å². The van der Waals surface area contributed by atoms with Gasteiger partial charge in [0.05, 0.1) is 18.4 Å². The monoisotopic (exact) mass is 344 g/mol. The molecule has 7 nitrogen and oxygen atoms in total. The van der Waals surface area contributed by atoms with Crippen molar-refractivity contribution in [3.8, 4) is 11.4 Å². The van der Waals surface area contributed by atoms with Crippen molar-refractivity contribution in [2.24, 2.45) is 5.41 Å². The van der Waals surface area contributed by atoms with Crippen LogP contribution in [-0.2, 0) is 0 Å². The van der Waals surface area contributed by atoms with Crippen LogP contribution in [0.4, 0.5) is 0 Å². The van der Waals surface area contributed by atoms with E-state index in [1.807, 2.05) is 25.1 Å². The van der Waals surface area contributed by atoms with Crippen molar-refractivity contribution in [1.29, 1.82) is 0 Å². The summed E-state index contributed by atoms with van der Waals surface area (Å²) in [5.74, 6) is -0.171. The molecule has 2 atom stereocenters. The fourth-order valence-electron chi connectivity index (χ4n) is 3.55. The Bertz CT molecular complexity index is 718. The van der Waals surface area contributed by atoms with E-state index in [1.54, 1.807) is 17.2 Å². The van der Waals surface area contributed by atoms with Gasteiger partial charge in [-0.2, -0.15) is 5.10 Å². The molecule has 2 aromatic rings. The molecule has 0 aliphatic carbocycles. The van der Waals surface area contributed by atoms with Gasteiger partial charge in [-0.1, -0.05) is 19.4 Å². The molecule has 3 heterocycles. The summed E-state index contributed by atoms with van der Waals surface area (Å²) in [7, 11) is 0. The number of piperidine rings is 1. The Kier molecular flexibility index (Phi) is 5.15. The number of likely N-dealkylation sites (tertiary alicyclic amines) is 1. The summed E-state index contributed by atoms with van der Waals surface area (Å²) in [6.45, 7) is 2.69. The van der Waals surface area contributed by atoms with E-state index in [9.17, 15) is 15.0 Å². The lowest BCUT2D eigenvalue weighted by molar-refractivity contribution is -0.0721. The lowest BCUT2D eigenvalue weighted by atomic mass is 9.74. The molecule has 0 aromatic carbocycles. The minimum atomic E-state index is -0.646. The number of aliphatic hydroxyl groups excluding tert-OH is 2. The van der Waals surface area contributed by atoms with Crippen molar-refractivity contribution >= 4 is 5.91 Å². The summed E-state index contributed by atoms with van der Waals surface area (Å²) in [6, 6.07) is 7.21. The van der Waals surface area contributed by atoms with E-state index in [-0.39, 0.29) is 12.5 Å². The number of aliphatic hydroxyl groups is 2. The van der Waals surface area contributed by atoms with Crippen molar-refractivity contribution in [3.63, 3.8) is 0 Å². The molecule has 0 saturated carbocycles. The summed E-state index contributed by atoms with van der Waals surface area (Å²) < 4.78 is 0. The highest BCUT2D eigenvalue weighted by Gasteiger charge is 2.43. The summed E-state index contributed by atoms with van der Waals surface area (Å²) in [4.78, 5) is 18.8. The third-order valence-corrected chi connectivity index (χ3v) is 4.97. The zero-order chi connectivity index (χ0) is 17.9. The number of H-pyrrole nitrogens is 1. The minimum absolute atomic E-state index is 0.131. The molecule has 1 saturated heterocycles. The number of nitrogens with one attached hydrogen (secondary N) is 1. The van der Waals surface area contributed by atoms with Gasteiger partial charge in [0.1, 0.15) is 11.4 Å². The number of pyridine rings is 1. The number of hydrogen-bond acceptors (Lipinski definition) is 5. The predicted octanol–water partition coefficient (Wildman–Crippen LogP) is 1.46. The molecule has 25 heavy (non-hydrogen) atoms. The molecule has 1 fully saturated rings. The molecule has 7 heteroatoms. The van der Waals surface area contributed by atoms with E-state index in [2.05, 4.69) is 15.2 Å². The van der Waals surface area contributed by atoms with Gasteiger partial charge in [0.15, 0.2) is 0 Å². The first-order valence-corrected chi connectivity index (χ1v) is 8.64. The molecule has 3 N–H and O–H groups in total. The van der Waals surface area contributed by atoms with Crippen LogP contribution < -0.4 is 0 Å². The number of aromatic nitrogens is 3. The van der Waals surface area contributed by atoms with E-state index in [1.165, 1.54) is 0 Å². The van der Waals surface area contributed by atoms with Gasteiger partial charge in [-0.15, -0.1) is 0 Å². The molecule has 134 valence electrons. The van der Waals surface area contributed by atoms with Gasteiger partial charge >= 0.3 is 0 Å². The first kappa shape index (κ1) is 17.6. The number of nitrogens with zero attached hydrogens (tertiary/aromatic N) is 3. The molecular formula is C18H24N4O3. The number of aromatic amines is 1. The first-order chi connectivity index (χ1) is 12.1. The lowest BCUT2D eigenvalue weighted by Crippen LogP contribution is -2.55. The second-order valence-electron chi connectivity index (χ2n) is 6.68. The van der Waals surface area contributed by atoms with E-state index in [0.717, 1.165) is 6.42 Å². The van der Waals surface area contributed by atoms with Gasteiger partial charge in [0.25, 0.3) is 5.91 Å². The number of carbonyl (C=O) groups is 1. The number of hydrogen-bond donors (Lipinski definition) is 3. The Labute approximate surface area is 146 Å². The van der Waals surface area contributed by atoms with Gasteiger partial charge in [0, 0.05) is 24.7 Å². The lowest BCUT2D eigenvalue weighted by Gasteiger charge is -2.45. The average Bonchev–Trinajstić information content (AvgIpc) is 3.14. The smallest absolute Gasteiger partial charge is 0.271 e. The normalized spacial score (nSPS) is 23.6. The van der Waals surface area contributed by atoms with Crippen LogP contribution in [0, 0.1) is 5.41 Å². The summed E-state index contributed by atoms with van der Waals surface area (Å²) in [5, 5.41) is 27.1. The molecule has 3 rings (SSSR count). The topological polar surface area (TPSA) is 102 Å². The van der Waals surface area contributed by atoms with Crippen LogP contribution in [0.25, 0.3) is 11.4 Å². The van der Waals surface area contributed by atoms with Crippen molar-refractivity contribution < 1.29 is 15.0 Å². The third kappa shape index (κ3) is 3.43. The summed E-state index contributed by atoms with van der Waals surface area (Å²) in [6.07, 6.45) is 3.07. The average molecular weight is 344 g/mol. The number of carbonyl (C=O) groups excluding carboxylic acids is 1. The largest absolute Gasteiger partial charge is 0.396 e. The first-order valence-electron chi connectivity index (χ1n) is 8.64. The van der Waals surface area contributed by atoms with Gasteiger partial charge in [-0.3, -0.25) is 14.9 Å². The second kappa shape index (κ2) is 7.33. The number of rotatable bonds is 5. The molecule has 1 aliphatic heterocycles. The van der Waals surface area contributed by atoms with Crippen LogP contribution in [0.5, 0.6) is 0 Å². The van der Waals surface area contributed by atoms with Crippen molar-refractivity contribution in [2.75, 3.05) is 19.7 Å². The Morgan fingerprint density at radius 3 is 2.96 bits per heavy atom. The Morgan fingerprint density at radius 2 is 2.28 bits per heavy atom. The highest BCUT2D eigenvalue weighted by Crippen LogP contribution is 2.35. The second-order valence-corrected chi connectivity index (χ2v) is 6.68. The van der Waals surface area contributed by atoms with Gasteiger partial charge in [-0.25, -0.2) is 0 Å². The highest BCUT2D eigenvalue weighted by molar-refractivity contribution is 5.93. The van der Waals surface area contributed by atoms with Crippen molar-refractivity contribution in [3.05, 3.63) is 36.2 Å². The SMILES string of the molecule is CCC[C@@]1(CO)CN(C(=O)c2cc(-c3ccccn3)n[nH]2)CC[C@@H]1O. The molecule has 1 amide bonds. The molecular weight excluding hydrogens is 320 g/mol. The van der Waals surface area contributed by atoms with E-state index >= 15 is 0 Å². The van der Waals surface area contributed by atoms with E-state index in [0.29, 0.717) is 43.0 Å². The van der Waals surface area contributed by atoms with Gasteiger partial charge < -0.3 is 15.1 Å². The van der Waals surface area contributed by atoms with Gasteiger partial charge in [-0.05, 0) is 31.0 Å². The fraction of sp³-hybridized carbons (Fsp3) is 0.500. The van der Waals surface area contributed by atoms with Crippen LogP contribution in [0.2, 0.25) is 0 Å². The van der Waals surface area contributed by atoms with Crippen LogP contribution >= 0.6 is 0 Å².